The summed E-state index contributed by atoms with van der Waals surface area (Å²) in [6.07, 6.45) is 1.29. The molecule has 168 valence electrons. The van der Waals surface area contributed by atoms with E-state index in [0.717, 1.165) is 11.1 Å². The molecule has 0 unspecified atom stereocenters. The van der Waals surface area contributed by atoms with E-state index in [1.54, 1.807) is 13.0 Å². The molecule has 3 aromatic carbocycles. The Morgan fingerprint density at radius 1 is 0.812 bits per heavy atom. The molecule has 1 aliphatic rings. The fourth-order valence-corrected chi connectivity index (χ4v) is 3.62. The molecule has 3 nitrogen and oxygen atoms in total. The van der Waals surface area contributed by atoms with Crippen molar-refractivity contribution in [1.82, 2.24) is 0 Å². The van der Waals surface area contributed by atoms with Crippen molar-refractivity contribution in [1.29, 1.82) is 0 Å². The van der Waals surface area contributed by atoms with Gasteiger partial charge < -0.3 is 14.2 Å². The van der Waals surface area contributed by atoms with Crippen LogP contribution in [0, 0.1) is 17.5 Å². The van der Waals surface area contributed by atoms with Crippen LogP contribution in [0.15, 0.2) is 42.5 Å². The lowest BCUT2D eigenvalue weighted by Crippen LogP contribution is -2.10. The van der Waals surface area contributed by atoms with E-state index < -0.39 is 17.5 Å². The molecule has 4 rings (SSSR count). The average Bonchev–Trinajstić information content (AvgIpc) is 2.81. The molecule has 0 amide bonds. The van der Waals surface area contributed by atoms with Crippen LogP contribution in [-0.2, 0) is 19.4 Å². The van der Waals surface area contributed by atoms with Crippen LogP contribution in [0.5, 0.6) is 23.0 Å². The molecule has 32 heavy (non-hydrogen) atoms. The molecule has 0 saturated carbocycles. The largest absolute Gasteiger partial charge is 0.491 e. The Labute approximate surface area is 183 Å². The standard InChI is InChI=1S/C25H22F4O3/c1-2-30-20-13-18-12-17-9-10-19(22(28)24(17)32-25(18)23(29)21(20)27)31-14-16-7-5-15(6-8-16)4-3-11-26/h5-10,13H,2-4,11-12,14H2,1H3. The van der Waals surface area contributed by atoms with Crippen LogP contribution in [0.3, 0.4) is 0 Å². The first kappa shape index (κ1) is 22.0. The molecule has 0 fully saturated rings. The average molecular weight is 446 g/mol. The Balaban J connectivity index is 1.52. The summed E-state index contributed by atoms with van der Waals surface area (Å²) in [5.41, 5.74) is 2.70. The van der Waals surface area contributed by atoms with Crippen molar-refractivity contribution in [2.75, 3.05) is 13.3 Å². The predicted octanol–water partition coefficient (Wildman–Crippen LogP) is 6.68. The second-order valence-electron chi connectivity index (χ2n) is 7.47. The fraction of sp³-hybridized carbons (Fsp3) is 0.280. The zero-order chi connectivity index (χ0) is 22.7. The third-order valence-corrected chi connectivity index (χ3v) is 5.25. The molecule has 0 saturated heterocycles. The van der Waals surface area contributed by atoms with Gasteiger partial charge in [-0.3, -0.25) is 4.39 Å². The van der Waals surface area contributed by atoms with Gasteiger partial charge in [-0.15, -0.1) is 0 Å². The van der Waals surface area contributed by atoms with E-state index in [-0.39, 0.29) is 49.3 Å². The van der Waals surface area contributed by atoms with Gasteiger partial charge in [0.2, 0.25) is 17.5 Å². The van der Waals surface area contributed by atoms with Gasteiger partial charge >= 0.3 is 0 Å². The summed E-state index contributed by atoms with van der Waals surface area (Å²) in [5, 5.41) is 0. The smallest absolute Gasteiger partial charge is 0.207 e. The number of ether oxygens (including phenoxy) is 3. The molecule has 1 aliphatic heterocycles. The van der Waals surface area contributed by atoms with Crippen LogP contribution in [0.1, 0.15) is 35.6 Å². The van der Waals surface area contributed by atoms with Gasteiger partial charge in [-0.2, -0.15) is 13.2 Å². The van der Waals surface area contributed by atoms with Gasteiger partial charge in [0.1, 0.15) is 6.61 Å². The molecule has 1 heterocycles. The Morgan fingerprint density at radius 3 is 2.25 bits per heavy atom. The summed E-state index contributed by atoms with van der Waals surface area (Å²) in [5.74, 6) is -3.95. The second-order valence-corrected chi connectivity index (χ2v) is 7.47. The number of alkyl halides is 1. The lowest BCUT2D eigenvalue weighted by Gasteiger charge is -2.23. The number of rotatable bonds is 8. The first-order chi connectivity index (χ1) is 15.5. The summed E-state index contributed by atoms with van der Waals surface area (Å²) in [4.78, 5) is 0. The molecular formula is C25H22F4O3. The Morgan fingerprint density at radius 2 is 1.53 bits per heavy atom. The highest BCUT2D eigenvalue weighted by Crippen LogP contribution is 2.44. The zero-order valence-corrected chi connectivity index (χ0v) is 17.5. The summed E-state index contributed by atoms with van der Waals surface area (Å²) < 4.78 is 72.3. The number of aryl methyl sites for hydroxylation is 1. The molecule has 0 aliphatic carbocycles. The number of hydrogen-bond donors (Lipinski definition) is 0. The predicted molar refractivity (Wildman–Crippen MR) is 112 cm³/mol. The highest BCUT2D eigenvalue weighted by atomic mass is 19.2. The highest BCUT2D eigenvalue weighted by Gasteiger charge is 2.29. The number of fused-ring (bicyclic) bond motifs is 2. The Kier molecular flexibility index (Phi) is 6.53. The SMILES string of the molecule is CCOc1cc2c(c(F)c1F)Oc1c(ccc(OCc3ccc(CCCF)cc3)c1F)C2. The quantitative estimate of drug-likeness (QED) is 0.283. The molecule has 0 bridgehead atoms. The Bertz CT molecular complexity index is 1110. The summed E-state index contributed by atoms with van der Waals surface area (Å²) >= 11 is 0. The van der Waals surface area contributed by atoms with Crippen molar-refractivity contribution in [3.05, 3.63) is 82.2 Å². The van der Waals surface area contributed by atoms with Gasteiger partial charge in [-0.25, -0.2) is 0 Å². The van der Waals surface area contributed by atoms with Gasteiger partial charge in [0.25, 0.3) is 0 Å². The minimum atomic E-state index is -1.21. The van der Waals surface area contributed by atoms with Gasteiger partial charge in [0, 0.05) is 17.5 Å². The summed E-state index contributed by atoms with van der Waals surface area (Å²) in [7, 11) is 0. The maximum atomic E-state index is 15.1. The van der Waals surface area contributed by atoms with Crippen molar-refractivity contribution >= 4 is 0 Å². The van der Waals surface area contributed by atoms with Gasteiger partial charge in [-0.1, -0.05) is 30.3 Å². The van der Waals surface area contributed by atoms with Crippen LogP contribution < -0.4 is 14.2 Å². The first-order valence-electron chi connectivity index (χ1n) is 10.4. The molecule has 0 radical (unpaired) electrons. The van der Waals surface area contributed by atoms with E-state index in [0.29, 0.717) is 24.0 Å². The van der Waals surface area contributed by atoms with E-state index in [9.17, 15) is 13.2 Å². The lowest BCUT2D eigenvalue weighted by atomic mass is 9.99. The van der Waals surface area contributed by atoms with E-state index in [1.807, 2.05) is 24.3 Å². The van der Waals surface area contributed by atoms with Crippen LogP contribution >= 0.6 is 0 Å². The highest BCUT2D eigenvalue weighted by molar-refractivity contribution is 5.55. The van der Waals surface area contributed by atoms with E-state index in [2.05, 4.69) is 0 Å². The number of benzene rings is 3. The number of halogens is 4. The molecular weight excluding hydrogens is 424 g/mol. The third-order valence-electron chi connectivity index (χ3n) is 5.25. The van der Waals surface area contributed by atoms with Gasteiger partial charge in [-0.05, 0) is 43.0 Å². The minimum absolute atomic E-state index is 0.0551. The van der Waals surface area contributed by atoms with Crippen molar-refractivity contribution in [2.45, 2.75) is 32.8 Å². The van der Waals surface area contributed by atoms with Crippen molar-refractivity contribution in [2.24, 2.45) is 0 Å². The van der Waals surface area contributed by atoms with Crippen LogP contribution in [-0.4, -0.2) is 13.3 Å². The fourth-order valence-electron chi connectivity index (χ4n) is 3.62. The zero-order valence-electron chi connectivity index (χ0n) is 17.5. The minimum Gasteiger partial charge on any atom is -0.491 e. The van der Waals surface area contributed by atoms with Crippen molar-refractivity contribution < 1.29 is 31.8 Å². The maximum Gasteiger partial charge on any atom is 0.207 e. The molecule has 0 N–H and O–H groups in total. The van der Waals surface area contributed by atoms with Crippen molar-refractivity contribution in [3.8, 4) is 23.0 Å². The topological polar surface area (TPSA) is 27.7 Å². The molecule has 0 atom stereocenters. The number of hydrogen-bond acceptors (Lipinski definition) is 3. The van der Waals surface area contributed by atoms with Gasteiger partial charge in [0.05, 0.1) is 13.3 Å². The monoisotopic (exact) mass is 446 g/mol. The van der Waals surface area contributed by atoms with Crippen LogP contribution in [0.25, 0.3) is 0 Å². The van der Waals surface area contributed by atoms with Gasteiger partial charge in [0.15, 0.2) is 23.0 Å². The second kappa shape index (κ2) is 9.51. The molecule has 0 aromatic heterocycles. The van der Waals surface area contributed by atoms with E-state index in [4.69, 9.17) is 14.2 Å². The van der Waals surface area contributed by atoms with Crippen LogP contribution in [0.4, 0.5) is 17.6 Å². The van der Waals surface area contributed by atoms with Crippen molar-refractivity contribution in [3.63, 3.8) is 0 Å². The third kappa shape index (κ3) is 4.38. The van der Waals surface area contributed by atoms with Crippen LogP contribution in [0.2, 0.25) is 0 Å². The lowest BCUT2D eigenvalue weighted by molar-refractivity contribution is 0.281. The summed E-state index contributed by atoms with van der Waals surface area (Å²) in [6, 6.07) is 11.9. The molecule has 0 spiro atoms. The normalized spacial score (nSPS) is 12.0. The van der Waals surface area contributed by atoms with E-state index >= 15 is 4.39 Å². The first-order valence-corrected chi connectivity index (χ1v) is 10.4. The Hall–Kier alpha value is -3.22. The molecule has 3 aromatic rings. The van der Waals surface area contributed by atoms with E-state index in [1.165, 1.54) is 12.1 Å². The summed E-state index contributed by atoms with van der Waals surface area (Å²) in [6.45, 7) is 1.60. The molecule has 7 heteroatoms. The maximum absolute atomic E-state index is 15.1.